The molecule has 1 atom stereocenters. The van der Waals surface area contributed by atoms with Gasteiger partial charge in [-0.25, -0.2) is 0 Å². The first-order valence-corrected chi connectivity index (χ1v) is 7.22. The van der Waals surface area contributed by atoms with Crippen molar-refractivity contribution in [1.29, 1.82) is 0 Å². The van der Waals surface area contributed by atoms with Crippen LogP contribution in [0.5, 0.6) is 0 Å². The Morgan fingerprint density at radius 1 is 1.40 bits per heavy atom. The molecule has 0 fully saturated rings. The van der Waals surface area contributed by atoms with Crippen LogP contribution in [-0.4, -0.2) is 37.8 Å². The predicted octanol–water partition coefficient (Wildman–Crippen LogP) is 2.77. The molecule has 1 heterocycles. The smallest absolute Gasteiger partial charge is 0.323 e. The lowest BCUT2D eigenvalue weighted by molar-refractivity contribution is -0.150. The molecule has 0 saturated heterocycles. The van der Waals surface area contributed by atoms with Crippen LogP contribution in [0.25, 0.3) is 0 Å². The molecular formula is C15H27N3O2. The Kier molecular flexibility index (Phi) is 4.97. The van der Waals surface area contributed by atoms with Gasteiger partial charge in [-0.15, -0.1) is 0 Å². The molecule has 0 aliphatic rings. The Labute approximate surface area is 121 Å². The molecule has 0 aliphatic heterocycles. The van der Waals surface area contributed by atoms with E-state index >= 15 is 0 Å². The van der Waals surface area contributed by atoms with Crippen LogP contribution in [-0.2, 0) is 11.3 Å². The lowest BCUT2D eigenvalue weighted by Crippen LogP contribution is -2.51. The molecule has 0 aliphatic carbocycles. The first-order valence-electron chi connectivity index (χ1n) is 7.22. The van der Waals surface area contributed by atoms with Gasteiger partial charge >= 0.3 is 5.97 Å². The monoisotopic (exact) mass is 281 g/mol. The maximum absolute atomic E-state index is 11.5. The van der Waals surface area contributed by atoms with Gasteiger partial charge in [-0.05, 0) is 48.1 Å². The lowest BCUT2D eigenvalue weighted by Gasteiger charge is -2.39. The zero-order valence-electron chi connectivity index (χ0n) is 13.7. The summed E-state index contributed by atoms with van der Waals surface area (Å²) < 4.78 is 1.97. The molecule has 0 saturated carbocycles. The fourth-order valence-corrected chi connectivity index (χ4v) is 3.06. The molecule has 0 spiro atoms. The summed E-state index contributed by atoms with van der Waals surface area (Å²) in [7, 11) is 0. The van der Waals surface area contributed by atoms with E-state index in [0.717, 1.165) is 23.5 Å². The average molecular weight is 281 g/mol. The van der Waals surface area contributed by atoms with E-state index < -0.39 is 11.5 Å². The van der Waals surface area contributed by atoms with Crippen LogP contribution < -0.4 is 0 Å². The van der Waals surface area contributed by atoms with E-state index in [0.29, 0.717) is 6.54 Å². The molecule has 1 unspecified atom stereocenters. The van der Waals surface area contributed by atoms with Crippen LogP contribution in [0.2, 0.25) is 0 Å². The van der Waals surface area contributed by atoms with E-state index in [-0.39, 0.29) is 6.04 Å². The number of carboxylic acids is 1. The van der Waals surface area contributed by atoms with Crippen molar-refractivity contribution in [3.63, 3.8) is 0 Å². The summed E-state index contributed by atoms with van der Waals surface area (Å²) in [4.78, 5) is 13.5. The topological polar surface area (TPSA) is 58.4 Å². The van der Waals surface area contributed by atoms with Gasteiger partial charge in [0.2, 0.25) is 0 Å². The fraction of sp³-hybridized carbons (Fsp3) is 0.733. The van der Waals surface area contributed by atoms with Crippen LogP contribution in [0.3, 0.4) is 0 Å². The molecule has 5 heteroatoms. The second-order valence-corrected chi connectivity index (χ2v) is 5.73. The largest absolute Gasteiger partial charge is 0.480 e. The van der Waals surface area contributed by atoms with Gasteiger partial charge in [0.15, 0.2) is 0 Å². The minimum Gasteiger partial charge on any atom is -0.480 e. The fourth-order valence-electron chi connectivity index (χ4n) is 3.06. The molecule has 1 aromatic heterocycles. The van der Waals surface area contributed by atoms with Gasteiger partial charge in [0.1, 0.15) is 5.54 Å². The van der Waals surface area contributed by atoms with Gasteiger partial charge in [0.05, 0.1) is 5.69 Å². The zero-order chi connectivity index (χ0) is 15.7. The minimum absolute atomic E-state index is 0.0198. The van der Waals surface area contributed by atoms with Crippen molar-refractivity contribution >= 4 is 5.97 Å². The Balaban J connectivity index is 3.25. The molecule has 1 aromatic rings. The maximum atomic E-state index is 11.5. The van der Waals surface area contributed by atoms with Gasteiger partial charge in [-0.2, -0.15) is 5.10 Å². The van der Waals surface area contributed by atoms with Crippen LogP contribution >= 0.6 is 0 Å². The molecule has 5 nitrogen and oxygen atoms in total. The van der Waals surface area contributed by atoms with Crippen molar-refractivity contribution in [1.82, 2.24) is 14.7 Å². The van der Waals surface area contributed by atoms with Crippen molar-refractivity contribution in [2.45, 2.75) is 66.6 Å². The van der Waals surface area contributed by atoms with E-state index in [1.807, 2.05) is 23.4 Å². The highest BCUT2D eigenvalue weighted by atomic mass is 16.4. The van der Waals surface area contributed by atoms with E-state index in [9.17, 15) is 9.90 Å². The molecule has 1 rings (SSSR count). The Hall–Kier alpha value is -1.36. The molecule has 0 aromatic carbocycles. The summed E-state index contributed by atoms with van der Waals surface area (Å²) >= 11 is 0. The van der Waals surface area contributed by atoms with Gasteiger partial charge in [0.25, 0.3) is 0 Å². The Morgan fingerprint density at radius 2 is 1.95 bits per heavy atom. The quantitative estimate of drug-likeness (QED) is 0.871. The number of hydrogen-bond donors (Lipinski definition) is 1. The number of hydrogen-bond acceptors (Lipinski definition) is 3. The van der Waals surface area contributed by atoms with Gasteiger partial charge in [-0.1, -0.05) is 6.92 Å². The molecule has 114 valence electrons. The number of carbonyl (C=O) groups is 1. The molecule has 1 N–H and O–H groups in total. The zero-order valence-corrected chi connectivity index (χ0v) is 13.7. The third kappa shape index (κ3) is 2.73. The second-order valence-electron chi connectivity index (χ2n) is 5.73. The average Bonchev–Trinajstić information content (AvgIpc) is 2.64. The van der Waals surface area contributed by atoms with Crippen LogP contribution in [0.1, 0.15) is 57.6 Å². The maximum Gasteiger partial charge on any atom is 0.323 e. The molecule has 0 amide bonds. The van der Waals surface area contributed by atoms with E-state index in [1.54, 1.807) is 13.8 Å². The van der Waals surface area contributed by atoms with Crippen LogP contribution in [0.4, 0.5) is 0 Å². The SMILES string of the molecule is CCN(C(C)c1c(C)nn(CC)c1C)C(C)(C)C(=O)O. The summed E-state index contributed by atoms with van der Waals surface area (Å²) in [5, 5.41) is 14.0. The van der Waals surface area contributed by atoms with Gasteiger partial charge in [0, 0.05) is 23.8 Å². The normalized spacial score (nSPS) is 13.8. The highest BCUT2D eigenvalue weighted by molar-refractivity contribution is 5.77. The summed E-state index contributed by atoms with van der Waals surface area (Å²) in [5.74, 6) is -0.801. The first-order chi connectivity index (χ1) is 9.18. The van der Waals surface area contributed by atoms with Crippen LogP contribution in [0.15, 0.2) is 0 Å². The third-order valence-electron chi connectivity index (χ3n) is 4.20. The standard InChI is InChI=1S/C15H27N3O2/c1-8-17(15(6,7)14(19)20)11(4)13-10(3)16-18(9-2)12(13)5/h11H,8-9H2,1-7H3,(H,19,20). The second kappa shape index (κ2) is 5.95. The Bertz CT molecular complexity index is 492. The number of aliphatic carboxylic acids is 1. The highest BCUT2D eigenvalue weighted by Crippen LogP contribution is 2.31. The van der Waals surface area contributed by atoms with Crippen molar-refractivity contribution in [2.75, 3.05) is 6.54 Å². The van der Waals surface area contributed by atoms with Gasteiger partial charge in [-0.3, -0.25) is 14.4 Å². The van der Waals surface area contributed by atoms with Crippen molar-refractivity contribution in [2.24, 2.45) is 0 Å². The molecular weight excluding hydrogens is 254 g/mol. The number of aryl methyl sites for hydroxylation is 2. The number of aromatic nitrogens is 2. The van der Waals surface area contributed by atoms with E-state index in [2.05, 4.69) is 25.9 Å². The van der Waals surface area contributed by atoms with Crippen LogP contribution in [0, 0.1) is 13.8 Å². The van der Waals surface area contributed by atoms with Gasteiger partial charge < -0.3 is 5.11 Å². The van der Waals surface area contributed by atoms with E-state index in [4.69, 9.17) is 0 Å². The summed E-state index contributed by atoms with van der Waals surface area (Å²) in [6.45, 7) is 15.2. The Morgan fingerprint density at radius 3 is 2.30 bits per heavy atom. The third-order valence-corrected chi connectivity index (χ3v) is 4.20. The number of rotatable bonds is 6. The highest BCUT2D eigenvalue weighted by Gasteiger charge is 2.38. The lowest BCUT2D eigenvalue weighted by atomic mass is 9.96. The summed E-state index contributed by atoms with van der Waals surface area (Å²) in [6, 6.07) is 0.0198. The summed E-state index contributed by atoms with van der Waals surface area (Å²) in [6.07, 6.45) is 0. The predicted molar refractivity (Wildman–Crippen MR) is 79.9 cm³/mol. The minimum atomic E-state index is -0.901. The van der Waals surface area contributed by atoms with Crippen molar-refractivity contribution in [3.05, 3.63) is 17.0 Å². The molecule has 0 bridgehead atoms. The first kappa shape index (κ1) is 16.7. The number of nitrogens with zero attached hydrogens (tertiary/aromatic N) is 3. The van der Waals surface area contributed by atoms with Crippen molar-refractivity contribution < 1.29 is 9.90 Å². The summed E-state index contributed by atoms with van der Waals surface area (Å²) in [5.41, 5.74) is 2.35. The van der Waals surface area contributed by atoms with Crippen molar-refractivity contribution in [3.8, 4) is 0 Å². The number of carboxylic acid groups (broad SMARTS) is 1. The molecule has 20 heavy (non-hydrogen) atoms. The molecule has 0 radical (unpaired) electrons. The number of likely N-dealkylation sites (N-methyl/N-ethyl adjacent to an activating group) is 1. The van der Waals surface area contributed by atoms with E-state index in [1.165, 1.54) is 0 Å².